The molecule has 0 spiro atoms. The van der Waals surface area contributed by atoms with Crippen LogP contribution in [0.1, 0.15) is 18.9 Å². The molecule has 5 nitrogen and oxygen atoms in total. The van der Waals surface area contributed by atoms with E-state index in [4.69, 9.17) is 5.73 Å². The molecule has 0 aliphatic rings. The van der Waals surface area contributed by atoms with Crippen molar-refractivity contribution in [3.05, 3.63) is 40.1 Å². The summed E-state index contributed by atoms with van der Waals surface area (Å²) in [5.74, 6) is -0.355. The highest BCUT2D eigenvalue weighted by Crippen LogP contribution is 2.30. The van der Waals surface area contributed by atoms with Gasteiger partial charge in [-0.05, 0) is 29.8 Å². The van der Waals surface area contributed by atoms with Crippen LogP contribution >= 0.6 is 11.8 Å². The molecule has 7 heteroatoms. The van der Waals surface area contributed by atoms with Crippen LogP contribution in [0.25, 0.3) is 0 Å². The van der Waals surface area contributed by atoms with Crippen LogP contribution in [-0.2, 0) is 13.1 Å². The molecule has 2 rings (SSSR count). The van der Waals surface area contributed by atoms with Crippen molar-refractivity contribution in [1.82, 2.24) is 14.8 Å². The normalized spacial score (nSPS) is 10.9. The number of halogens is 1. The summed E-state index contributed by atoms with van der Waals surface area (Å²) in [7, 11) is 0. The van der Waals surface area contributed by atoms with Crippen LogP contribution in [0.2, 0.25) is 0 Å². The van der Waals surface area contributed by atoms with Gasteiger partial charge in [-0.3, -0.25) is 4.57 Å². The molecule has 0 unspecified atom stereocenters. The van der Waals surface area contributed by atoms with Gasteiger partial charge in [0, 0.05) is 13.1 Å². The number of nitrogens with two attached hydrogens (primary N) is 1. The van der Waals surface area contributed by atoms with Gasteiger partial charge in [-0.2, -0.15) is 0 Å². The Kier molecular flexibility index (Phi) is 4.39. The van der Waals surface area contributed by atoms with Gasteiger partial charge in [0.05, 0.1) is 4.90 Å². The van der Waals surface area contributed by atoms with Crippen molar-refractivity contribution in [2.45, 2.75) is 36.5 Å². The van der Waals surface area contributed by atoms with Crippen LogP contribution in [0.4, 0.5) is 4.39 Å². The number of rotatable bonds is 5. The van der Waals surface area contributed by atoms with E-state index in [2.05, 4.69) is 10.2 Å². The smallest absolute Gasteiger partial charge is 0.326 e. The predicted molar refractivity (Wildman–Crippen MR) is 71.6 cm³/mol. The molecular formula is C12H15FN4OS. The van der Waals surface area contributed by atoms with Crippen LogP contribution in [0.5, 0.6) is 0 Å². The van der Waals surface area contributed by atoms with Crippen LogP contribution in [0.3, 0.4) is 0 Å². The Morgan fingerprint density at radius 2 is 2.32 bits per heavy atom. The summed E-state index contributed by atoms with van der Waals surface area (Å²) in [6.45, 7) is 2.74. The van der Waals surface area contributed by atoms with Crippen LogP contribution in [0.15, 0.2) is 33.0 Å². The van der Waals surface area contributed by atoms with E-state index in [1.165, 1.54) is 10.6 Å². The van der Waals surface area contributed by atoms with Crippen molar-refractivity contribution in [1.29, 1.82) is 0 Å². The van der Waals surface area contributed by atoms with Gasteiger partial charge in [-0.15, -0.1) is 5.10 Å². The largest absolute Gasteiger partial charge is 0.343 e. The average molecular weight is 282 g/mol. The highest BCUT2D eigenvalue weighted by molar-refractivity contribution is 7.99. The molecule has 0 amide bonds. The van der Waals surface area contributed by atoms with E-state index in [1.807, 2.05) is 6.92 Å². The molecule has 1 heterocycles. The maximum atomic E-state index is 13.8. The zero-order valence-corrected chi connectivity index (χ0v) is 11.3. The Morgan fingerprint density at radius 1 is 1.53 bits per heavy atom. The molecule has 0 fully saturated rings. The van der Waals surface area contributed by atoms with Gasteiger partial charge in [0.15, 0.2) is 5.16 Å². The number of nitrogens with one attached hydrogen (secondary N) is 1. The van der Waals surface area contributed by atoms with Crippen LogP contribution < -0.4 is 11.4 Å². The minimum absolute atomic E-state index is 0.239. The second-order valence-electron chi connectivity index (χ2n) is 4.00. The third-order valence-electron chi connectivity index (χ3n) is 2.63. The van der Waals surface area contributed by atoms with E-state index in [0.717, 1.165) is 18.2 Å². The van der Waals surface area contributed by atoms with Crippen LogP contribution in [0, 0.1) is 5.82 Å². The lowest BCUT2D eigenvalue weighted by Crippen LogP contribution is -2.17. The fraction of sp³-hybridized carbons (Fsp3) is 0.333. The average Bonchev–Trinajstić information content (AvgIpc) is 2.74. The van der Waals surface area contributed by atoms with Crippen molar-refractivity contribution in [3.8, 4) is 0 Å². The first kappa shape index (κ1) is 13.8. The van der Waals surface area contributed by atoms with Gasteiger partial charge < -0.3 is 5.73 Å². The van der Waals surface area contributed by atoms with E-state index in [-0.39, 0.29) is 18.1 Å². The first-order chi connectivity index (χ1) is 9.17. The topological polar surface area (TPSA) is 76.7 Å². The standard InChI is InChI=1S/C12H15FN4OS/c1-2-6-17-11(18)15-16-12(17)19-10-8(7-14)4-3-5-9(10)13/h3-5H,2,6-7,14H2,1H3,(H,15,18). The third-order valence-corrected chi connectivity index (χ3v) is 3.79. The van der Waals surface area contributed by atoms with Crippen molar-refractivity contribution < 1.29 is 4.39 Å². The van der Waals surface area contributed by atoms with Gasteiger partial charge in [0.2, 0.25) is 0 Å². The zero-order chi connectivity index (χ0) is 13.8. The molecule has 1 aromatic carbocycles. The Labute approximate surface area is 114 Å². The molecule has 19 heavy (non-hydrogen) atoms. The van der Waals surface area contributed by atoms with Gasteiger partial charge in [-0.1, -0.05) is 19.1 Å². The molecule has 0 saturated heterocycles. The highest BCUT2D eigenvalue weighted by Gasteiger charge is 2.14. The van der Waals surface area contributed by atoms with Gasteiger partial charge in [0.1, 0.15) is 5.82 Å². The number of aromatic amines is 1. The number of benzene rings is 1. The Bertz CT molecular complexity index is 622. The van der Waals surface area contributed by atoms with Crippen molar-refractivity contribution >= 4 is 11.8 Å². The molecule has 3 N–H and O–H groups in total. The molecule has 0 saturated carbocycles. The summed E-state index contributed by atoms with van der Waals surface area (Å²) < 4.78 is 15.3. The summed E-state index contributed by atoms with van der Waals surface area (Å²) in [6.07, 6.45) is 0.800. The van der Waals surface area contributed by atoms with Crippen molar-refractivity contribution in [2.24, 2.45) is 5.73 Å². The molecule has 0 aliphatic carbocycles. The van der Waals surface area contributed by atoms with Gasteiger partial charge >= 0.3 is 5.69 Å². The maximum absolute atomic E-state index is 13.8. The third kappa shape index (κ3) is 2.87. The Balaban J connectivity index is 2.39. The zero-order valence-electron chi connectivity index (χ0n) is 10.5. The first-order valence-corrected chi connectivity index (χ1v) is 6.79. The maximum Gasteiger partial charge on any atom is 0.343 e. The fourth-order valence-electron chi connectivity index (χ4n) is 1.72. The van der Waals surface area contributed by atoms with Crippen LogP contribution in [-0.4, -0.2) is 14.8 Å². The Hall–Kier alpha value is -1.60. The molecule has 0 radical (unpaired) electrons. The summed E-state index contributed by atoms with van der Waals surface area (Å²) in [6, 6.07) is 4.75. The van der Waals surface area contributed by atoms with E-state index in [9.17, 15) is 9.18 Å². The fourth-order valence-corrected chi connectivity index (χ4v) is 2.73. The lowest BCUT2D eigenvalue weighted by Gasteiger charge is -2.08. The number of nitrogens with zero attached hydrogens (tertiary/aromatic N) is 2. The second kappa shape index (κ2) is 6.03. The second-order valence-corrected chi connectivity index (χ2v) is 4.97. The summed E-state index contributed by atoms with van der Waals surface area (Å²) in [5, 5.41) is 6.76. The van der Waals surface area contributed by atoms with E-state index >= 15 is 0 Å². The number of hydrogen-bond donors (Lipinski definition) is 2. The monoisotopic (exact) mass is 282 g/mol. The summed E-state index contributed by atoms with van der Waals surface area (Å²) in [5.41, 5.74) is 6.01. The van der Waals surface area contributed by atoms with Gasteiger partial charge in [-0.25, -0.2) is 14.3 Å². The van der Waals surface area contributed by atoms with Crippen molar-refractivity contribution in [2.75, 3.05) is 0 Å². The minimum atomic E-state index is -0.355. The number of H-pyrrole nitrogens is 1. The van der Waals surface area contributed by atoms with E-state index in [1.54, 1.807) is 12.1 Å². The number of aromatic nitrogens is 3. The van der Waals surface area contributed by atoms with Crippen molar-refractivity contribution in [3.63, 3.8) is 0 Å². The molecule has 102 valence electrons. The molecule has 0 bridgehead atoms. The van der Waals surface area contributed by atoms with E-state index < -0.39 is 0 Å². The van der Waals surface area contributed by atoms with Gasteiger partial charge in [0.25, 0.3) is 0 Å². The quantitative estimate of drug-likeness (QED) is 0.875. The predicted octanol–water partition coefficient (Wildman–Crippen LogP) is 1.73. The molecule has 0 atom stereocenters. The lowest BCUT2D eigenvalue weighted by atomic mass is 10.2. The number of hydrogen-bond acceptors (Lipinski definition) is 4. The first-order valence-electron chi connectivity index (χ1n) is 5.97. The van der Waals surface area contributed by atoms with E-state index in [0.29, 0.717) is 22.2 Å². The molecule has 1 aromatic heterocycles. The summed E-state index contributed by atoms with van der Waals surface area (Å²) in [4.78, 5) is 12.0. The summed E-state index contributed by atoms with van der Waals surface area (Å²) >= 11 is 1.12. The Morgan fingerprint density at radius 3 is 3.00 bits per heavy atom. The lowest BCUT2D eigenvalue weighted by molar-refractivity contribution is 0.590. The minimum Gasteiger partial charge on any atom is -0.326 e. The SMILES string of the molecule is CCCn1c(Sc2c(F)cccc2CN)n[nH]c1=O. The molecule has 2 aromatic rings. The molecule has 0 aliphatic heterocycles. The molecular weight excluding hydrogens is 267 g/mol. The highest BCUT2D eigenvalue weighted by atomic mass is 32.2.